The molecular formula is C10H14ClN3O3. The Bertz CT molecular complexity index is 417. The number of halogens is 1. The molecule has 0 atom stereocenters. The largest absolute Gasteiger partial charge is 0.358 e. The van der Waals surface area contributed by atoms with Crippen LogP contribution in [0.1, 0.15) is 23.3 Å². The van der Waals surface area contributed by atoms with Gasteiger partial charge in [-0.15, -0.1) is 11.6 Å². The second-order valence-electron chi connectivity index (χ2n) is 3.54. The number of hydrogen-bond donors (Lipinski definition) is 1. The Kier molecular flexibility index (Phi) is 4.96. The van der Waals surface area contributed by atoms with Crippen molar-refractivity contribution in [2.75, 3.05) is 12.4 Å². The van der Waals surface area contributed by atoms with E-state index in [0.29, 0.717) is 12.4 Å². The molecule has 0 fully saturated rings. The highest BCUT2D eigenvalue weighted by Crippen LogP contribution is 2.14. The fourth-order valence-corrected chi connectivity index (χ4v) is 1.61. The van der Waals surface area contributed by atoms with E-state index in [9.17, 15) is 14.9 Å². The van der Waals surface area contributed by atoms with E-state index < -0.39 is 4.92 Å². The van der Waals surface area contributed by atoms with Gasteiger partial charge < -0.3 is 15.4 Å². The van der Waals surface area contributed by atoms with Crippen LogP contribution in [0, 0.1) is 10.1 Å². The second-order valence-corrected chi connectivity index (χ2v) is 3.92. The maximum atomic E-state index is 11.7. The van der Waals surface area contributed by atoms with E-state index in [0.717, 1.165) is 12.8 Å². The molecule has 0 unspecified atom stereocenters. The second kappa shape index (κ2) is 6.24. The zero-order valence-corrected chi connectivity index (χ0v) is 10.2. The van der Waals surface area contributed by atoms with Gasteiger partial charge in [0.15, 0.2) is 5.69 Å². The molecule has 1 N–H and O–H groups in total. The van der Waals surface area contributed by atoms with Gasteiger partial charge in [-0.3, -0.25) is 4.79 Å². The first kappa shape index (κ1) is 13.5. The average Bonchev–Trinajstić information content (AvgIpc) is 2.66. The molecule has 0 aliphatic rings. The Morgan fingerprint density at radius 3 is 2.76 bits per heavy atom. The molecular weight excluding hydrogens is 246 g/mol. The lowest BCUT2D eigenvalue weighted by atomic mass is 10.3. The Morgan fingerprint density at radius 2 is 2.24 bits per heavy atom. The Balaban J connectivity index is 2.60. The Labute approximate surface area is 104 Å². The van der Waals surface area contributed by atoms with E-state index >= 15 is 0 Å². The molecule has 0 aliphatic heterocycles. The first-order valence-corrected chi connectivity index (χ1v) is 5.75. The summed E-state index contributed by atoms with van der Waals surface area (Å²) in [6.45, 7) is 0.518. The smallest absolute Gasteiger partial charge is 0.323 e. The summed E-state index contributed by atoms with van der Waals surface area (Å²) >= 11 is 5.51. The van der Waals surface area contributed by atoms with Gasteiger partial charge in [0.2, 0.25) is 0 Å². The van der Waals surface area contributed by atoms with Crippen LogP contribution in [-0.4, -0.2) is 27.8 Å². The number of aromatic nitrogens is 1. The Hall–Kier alpha value is -1.56. The molecule has 0 aromatic carbocycles. The quantitative estimate of drug-likeness (QED) is 0.365. The number of alkyl halides is 1. The molecule has 0 bridgehead atoms. The summed E-state index contributed by atoms with van der Waals surface area (Å²) in [5.41, 5.74) is 0.280. The normalized spacial score (nSPS) is 10.2. The van der Waals surface area contributed by atoms with Gasteiger partial charge in [0.1, 0.15) is 0 Å². The third-order valence-corrected chi connectivity index (χ3v) is 2.63. The highest BCUT2D eigenvalue weighted by molar-refractivity contribution is 6.17. The maximum Gasteiger partial charge on any atom is 0.323 e. The summed E-state index contributed by atoms with van der Waals surface area (Å²) in [5, 5.41) is 13.3. The highest BCUT2D eigenvalue weighted by atomic mass is 35.5. The van der Waals surface area contributed by atoms with Crippen molar-refractivity contribution >= 4 is 23.3 Å². The molecule has 1 aromatic rings. The van der Waals surface area contributed by atoms with Gasteiger partial charge in [0.05, 0.1) is 7.05 Å². The molecule has 1 amide bonds. The summed E-state index contributed by atoms with van der Waals surface area (Å²) in [6, 6.07) is 2.75. The first-order valence-electron chi connectivity index (χ1n) is 5.22. The van der Waals surface area contributed by atoms with Crippen LogP contribution >= 0.6 is 11.6 Å². The third kappa shape index (κ3) is 3.45. The molecule has 1 aromatic heterocycles. The molecule has 0 saturated carbocycles. The zero-order chi connectivity index (χ0) is 12.8. The van der Waals surface area contributed by atoms with Crippen LogP contribution in [-0.2, 0) is 7.05 Å². The summed E-state index contributed by atoms with van der Waals surface area (Å²) in [6.07, 6.45) is 1.62. The zero-order valence-electron chi connectivity index (χ0n) is 9.48. The van der Waals surface area contributed by atoms with Gasteiger partial charge in [0.25, 0.3) is 5.91 Å². The summed E-state index contributed by atoms with van der Waals surface area (Å²) in [5.74, 6) is 0.150. The monoisotopic (exact) mass is 259 g/mol. The van der Waals surface area contributed by atoms with Crippen LogP contribution in [0.15, 0.2) is 12.1 Å². The van der Waals surface area contributed by atoms with Crippen molar-refractivity contribution in [1.29, 1.82) is 0 Å². The van der Waals surface area contributed by atoms with Crippen molar-refractivity contribution in [2.24, 2.45) is 7.05 Å². The third-order valence-electron chi connectivity index (χ3n) is 2.36. The molecule has 0 spiro atoms. The van der Waals surface area contributed by atoms with Crippen molar-refractivity contribution in [3.05, 3.63) is 27.9 Å². The van der Waals surface area contributed by atoms with E-state index in [1.165, 1.54) is 23.7 Å². The van der Waals surface area contributed by atoms with E-state index in [2.05, 4.69) is 5.32 Å². The van der Waals surface area contributed by atoms with E-state index in [1.54, 1.807) is 0 Å². The minimum absolute atomic E-state index is 0.101. The topological polar surface area (TPSA) is 77.2 Å². The number of nitro groups is 1. The predicted molar refractivity (Wildman–Crippen MR) is 64.4 cm³/mol. The number of rotatable bonds is 6. The molecule has 7 heteroatoms. The van der Waals surface area contributed by atoms with Crippen molar-refractivity contribution in [2.45, 2.75) is 12.8 Å². The predicted octanol–water partition coefficient (Wildman–Crippen LogP) is 1.68. The fraction of sp³-hybridized carbons (Fsp3) is 0.500. The van der Waals surface area contributed by atoms with E-state index in [4.69, 9.17) is 11.6 Å². The molecule has 6 nitrogen and oxygen atoms in total. The number of unbranched alkanes of at least 4 members (excludes halogenated alkanes) is 1. The van der Waals surface area contributed by atoms with Crippen LogP contribution < -0.4 is 5.32 Å². The summed E-state index contributed by atoms with van der Waals surface area (Å²) in [4.78, 5) is 21.7. The first-order chi connectivity index (χ1) is 8.07. The number of nitrogens with one attached hydrogen (secondary N) is 1. The lowest BCUT2D eigenvalue weighted by molar-refractivity contribution is -0.391. The van der Waals surface area contributed by atoms with Gasteiger partial charge in [-0.1, -0.05) is 0 Å². The number of amides is 1. The standard InChI is InChI=1S/C10H14ClN3O3/c1-13-8(4-5-9(13)14(16)17)10(15)12-7-3-2-6-11/h4-5H,2-3,6-7H2,1H3,(H,12,15). The van der Waals surface area contributed by atoms with Crippen LogP contribution in [0.5, 0.6) is 0 Å². The maximum absolute atomic E-state index is 11.7. The van der Waals surface area contributed by atoms with Crippen LogP contribution in [0.3, 0.4) is 0 Å². The molecule has 0 radical (unpaired) electrons. The minimum atomic E-state index is -0.524. The van der Waals surface area contributed by atoms with Crippen molar-refractivity contribution in [3.63, 3.8) is 0 Å². The van der Waals surface area contributed by atoms with Crippen LogP contribution in [0.4, 0.5) is 5.82 Å². The molecule has 1 rings (SSSR count). The average molecular weight is 260 g/mol. The molecule has 0 saturated heterocycles. The lowest BCUT2D eigenvalue weighted by Crippen LogP contribution is -2.26. The van der Waals surface area contributed by atoms with Gasteiger partial charge in [-0.25, -0.2) is 4.57 Å². The highest BCUT2D eigenvalue weighted by Gasteiger charge is 2.19. The Morgan fingerprint density at radius 1 is 1.53 bits per heavy atom. The van der Waals surface area contributed by atoms with E-state index in [1.807, 2.05) is 0 Å². The van der Waals surface area contributed by atoms with Crippen molar-refractivity contribution < 1.29 is 9.72 Å². The fourth-order valence-electron chi connectivity index (χ4n) is 1.42. The van der Waals surface area contributed by atoms with Crippen LogP contribution in [0.25, 0.3) is 0 Å². The number of nitrogens with zero attached hydrogens (tertiary/aromatic N) is 2. The van der Waals surface area contributed by atoms with E-state index in [-0.39, 0.29) is 17.4 Å². The number of hydrogen-bond acceptors (Lipinski definition) is 3. The number of carbonyl (C=O) groups excluding carboxylic acids is 1. The van der Waals surface area contributed by atoms with Crippen molar-refractivity contribution in [3.8, 4) is 0 Å². The summed E-state index contributed by atoms with van der Waals surface area (Å²) < 4.78 is 1.26. The van der Waals surface area contributed by atoms with Gasteiger partial charge in [-0.05, 0) is 23.8 Å². The van der Waals surface area contributed by atoms with Gasteiger partial charge in [0, 0.05) is 18.5 Å². The van der Waals surface area contributed by atoms with Gasteiger partial charge in [-0.2, -0.15) is 0 Å². The molecule has 17 heavy (non-hydrogen) atoms. The molecule has 0 aliphatic carbocycles. The SMILES string of the molecule is Cn1c(C(=O)NCCCCCl)ccc1[N+](=O)[O-]. The van der Waals surface area contributed by atoms with Crippen molar-refractivity contribution in [1.82, 2.24) is 9.88 Å². The van der Waals surface area contributed by atoms with Gasteiger partial charge >= 0.3 is 5.82 Å². The molecule has 94 valence electrons. The minimum Gasteiger partial charge on any atom is -0.358 e. The van der Waals surface area contributed by atoms with Crippen LogP contribution in [0.2, 0.25) is 0 Å². The molecule has 1 heterocycles. The lowest BCUT2D eigenvalue weighted by Gasteiger charge is -2.03. The number of carbonyl (C=O) groups is 1. The summed E-state index contributed by atoms with van der Waals surface area (Å²) in [7, 11) is 1.49.